The van der Waals surface area contributed by atoms with E-state index in [-0.39, 0.29) is 24.4 Å². The van der Waals surface area contributed by atoms with Crippen molar-refractivity contribution in [2.45, 2.75) is 26.1 Å². The average molecular weight is 380 g/mol. The van der Waals surface area contributed by atoms with Gasteiger partial charge >= 0.3 is 12.1 Å². The number of pyridine rings is 1. The lowest BCUT2D eigenvalue weighted by atomic mass is 10.1. The molecule has 1 saturated carbocycles. The van der Waals surface area contributed by atoms with Crippen molar-refractivity contribution in [2.75, 3.05) is 24.6 Å². The molecule has 2 aromatic rings. The Morgan fingerprint density at radius 2 is 2.04 bits per heavy atom. The number of alkyl halides is 3. The molecule has 1 aliphatic carbocycles. The number of halogens is 3. The molecule has 9 heteroatoms. The number of carbonyl (C=O) groups is 1. The van der Waals surface area contributed by atoms with E-state index in [2.05, 4.69) is 9.97 Å². The molecule has 0 aromatic carbocycles. The third-order valence-corrected chi connectivity index (χ3v) is 5.05. The Labute approximate surface area is 154 Å². The average Bonchev–Trinajstić information content (AvgIpc) is 3.02. The van der Waals surface area contributed by atoms with Gasteiger partial charge in [-0.1, -0.05) is 0 Å². The Morgan fingerprint density at radius 3 is 2.70 bits per heavy atom. The first-order valence-corrected chi connectivity index (χ1v) is 8.85. The van der Waals surface area contributed by atoms with Gasteiger partial charge in [-0.2, -0.15) is 13.2 Å². The summed E-state index contributed by atoms with van der Waals surface area (Å²) in [6, 6.07) is 1.13. The van der Waals surface area contributed by atoms with Crippen LogP contribution in [-0.4, -0.2) is 40.2 Å². The fourth-order valence-electron chi connectivity index (χ4n) is 3.57. The van der Waals surface area contributed by atoms with Crippen LogP contribution >= 0.6 is 0 Å². The topological polar surface area (TPSA) is 60.3 Å². The Balaban J connectivity index is 1.57. The summed E-state index contributed by atoms with van der Waals surface area (Å²) in [5.74, 6) is 0.977. The van der Waals surface area contributed by atoms with Gasteiger partial charge in [-0.05, 0) is 31.2 Å². The molecule has 2 aromatic heterocycles. The number of fused-ring (bicyclic) bond motifs is 1. The first kappa shape index (κ1) is 17.8. The first-order chi connectivity index (χ1) is 12.8. The molecule has 2 fully saturated rings. The van der Waals surface area contributed by atoms with Crippen molar-refractivity contribution in [3.8, 4) is 0 Å². The van der Waals surface area contributed by atoms with Crippen molar-refractivity contribution in [1.82, 2.24) is 14.5 Å². The summed E-state index contributed by atoms with van der Waals surface area (Å²) in [4.78, 5) is 21.7. The molecule has 144 valence electrons. The van der Waals surface area contributed by atoms with E-state index in [4.69, 9.17) is 4.74 Å². The number of ether oxygens (including phenoxy) is 1. The van der Waals surface area contributed by atoms with E-state index < -0.39 is 17.7 Å². The number of aromatic nitrogens is 3. The quantitative estimate of drug-likeness (QED) is 0.747. The molecule has 0 amide bonds. The van der Waals surface area contributed by atoms with E-state index in [1.807, 2.05) is 4.90 Å². The first-order valence-electron chi connectivity index (χ1n) is 8.85. The van der Waals surface area contributed by atoms with Gasteiger partial charge in [0.15, 0.2) is 5.69 Å². The highest BCUT2D eigenvalue weighted by Crippen LogP contribution is 2.46. The Bertz CT molecular complexity index is 855. The van der Waals surface area contributed by atoms with Crippen LogP contribution in [0.15, 0.2) is 24.8 Å². The molecule has 0 radical (unpaired) electrons. The summed E-state index contributed by atoms with van der Waals surface area (Å²) in [7, 11) is 0. The Hall–Kier alpha value is -2.58. The van der Waals surface area contributed by atoms with Crippen LogP contribution in [-0.2, 0) is 17.5 Å². The van der Waals surface area contributed by atoms with Crippen LogP contribution in [0.2, 0.25) is 0 Å². The monoisotopic (exact) mass is 380 g/mol. The molecule has 1 saturated heterocycles. The molecule has 4 rings (SSSR count). The number of esters is 1. The predicted octanol–water partition coefficient (Wildman–Crippen LogP) is 2.98. The van der Waals surface area contributed by atoms with Gasteiger partial charge in [-0.25, -0.2) is 14.8 Å². The maximum Gasteiger partial charge on any atom is 0.416 e. The van der Waals surface area contributed by atoms with Crippen LogP contribution < -0.4 is 4.90 Å². The minimum Gasteiger partial charge on any atom is -0.461 e. The highest BCUT2D eigenvalue weighted by atomic mass is 19.4. The lowest BCUT2D eigenvalue weighted by Gasteiger charge is -2.21. The van der Waals surface area contributed by atoms with Crippen molar-refractivity contribution in [2.24, 2.45) is 11.8 Å². The minimum atomic E-state index is -4.49. The Kier molecular flexibility index (Phi) is 4.32. The highest BCUT2D eigenvalue weighted by molar-refractivity contribution is 5.86. The van der Waals surface area contributed by atoms with Crippen molar-refractivity contribution >= 4 is 11.8 Å². The molecular formula is C18H19F3N4O2. The second kappa shape index (κ2) is 6.54. The lowest BCUT2D eigenvalue weighted by molar-refractivity contribution is -0.138. The molecule has 2 aliphatic rings. The van der Waals surface area contributed by atoms with E-state index in [0.717, 1.165) is 19.2 Å². The van der Waals surface area contributed by atoms with Gasteiger partial charge < -0.3 is 14.2 Å². The van der Waals surface area contributed by atoms with Gasteiger partial charge in [0, 0.05) is 31.0 Å². The van der Waals surface area contributed by atoms with Crippen LogP contribution in [0.5, 0.6) is 0 Å². The third-order valence-electron chi connectivity index (χ3n) is 5.05. The van der Waals surface area contributed by atoms with Crippen molar-refractivity contribution in [3.05, 3.63) is 41.6 Å². The van der Waals surface area contributed by atoms with Gasteiger partial charge in [0.05, 0.1) is 25.0 Å². The van der Waals surface area contributed by atoms with Crippen LogP contribution in [0.4, 0.5) is 19.0 Å². The zero-order chi connectivity index (χ0) is 19.2. The van der Waals surface area contributed by atoms with Gasteiger partial charge in [0.25, 0.3) is 0 Å². The number of imidazole rings is 1. The Morgan fingerprint density at radius 1 is 1.30 bits per heavy atom. The fourth-order valence-corrected chi connectivity index (χ4v) is 3.57. The van der Waals surface area contributed by atoms with Crippen LogP contribution in [0.3, 0.4) is 0 Å². The fraction of sp³-hybridized carbons (Fsp3) is 0.500. The number of rotatable bonds is 5. The summed E-state index contributed by atoms with van der Waals surface area (Å²) in [6.45, 7) is 3.34. The van der Waals surface area contributed by atoms with E-state index in [1.54, 1.807) is 6.92 Å². The molecule has 0 spiro atoms. The van der Waals surface area contributed by atoms with E-state index in [1.165, 1.54) is 29.7 Å². The molecule has 0 bridgehead atoms. The summed E-state index contributed by atoms with van der Waals surface area (Å²) in [5, 5.41) is 0. The standard InChI is InChI=1S/C18H19F3N4O2/c1-2-27-17(26)15-9-24(10-23-15)6-13-5-22-16(4-14(13)18(19,20)21)25-7-11-3-12(11)8-25/h4-5,9-12H,2-3,6-8H2,1H3/t11-,12?/m0/s1. The van der Waals surface area contributed by atoms with Crippen LogP contribution in [0.25, 0.3) is 0 Å². The summed E-state index contributed by atoms with van der Waals surface area (Å²) in [5.41, 5.74) is -0.617. The molecule has 3 heterocycles. The second-order valence-corrected chi connectivity index (χ2v) is 7.01. The summed E-state index contributed by atoms with van der Waals surface area (Å²) < 4.78 is 47.0. The second-order valence-electron chi connectivity index (χ2n) is 7.01. The van der Waals surface area contributed by atoms with E-state index in [0.29, 0.717) is 17.7 Å². The van der Waals surface area contributed by atoms with Crippen LogP contribution in [0, 0.1) is 11.8 Å². The number of hydrogen-bond donors (Lipinski definition) is 0. The zero-order valence-electron chi connectivity index (χ0n) is 14.7. The van der Waals surface area contributed by atoms with E-state index in [9.17, 15) is 18.0 Å². The molecule has 6 nitrogen and oxygen atoms in total. The molecule has 1 aliphatic heterocycles. The maximum atomic E-state index is 13.6. The molecular weight excluding hydrogens is 361 g/mol. The summed E-state index contributed by atoms with van der Waals surface area (Å²) >= 11 is 0. The SMILES string of the molecule is CCOC(=O)c1cn(Cc2cnc(N3CC4C[C@H]4C3)cc2C(F)(F)F)cn1. The van der Waals surface area contributed by atoms with Gasteiger partial charge in [0.1, 0.15) is 5.82 Å². The zero-order valence-corrected chi connectivity index (χ0v) is 14.7. The normalized spacial score (nSPS) is 21.3. The third kappa shape index (κ3) is 3.63. The number of piperidine rings is 1. The van der Waals surface area contributed by atoms with E-state index >= 15 is 0 Å². The number of hydrogen-bond acceptors (Lipinski definition) is 5. The molecule has 0 N–H and O–H groups in total. The van der Waals surface area contributed by atoms with Crippen molar-refractivity contribution in [3.63, 3.8) is 0 Å². The molecule has 1 unspecified atom stereocenters. The predicted molar refractivity (Wildman–Crippen MR) is 90.3 cm³/mol. The lowest BCUT2D eigenvalue weighted by Crippen LogP contribution is -2.24. The van der Waals surface area contributed by atoms with Gasteiger partial charge in [0.2, 0.25) is 0 Å². The van der Waals surface area contributed by atoms with Gasteiger partial charge in [-0.3, -0.25) is 0 Å². The summed E-state index contributed by atoms with van der Waals surface area (Å²) in [6.07, 6.45) is 0.644. The largest absolute Gasteiger partial charge is 0.461 e. The number of anilines is 1. The van der Waals surface area contributed by atoms with Crippen molar-refractivity contribution in [1.29, 1.82) is 0 Å². The molecule has 2 atom stereocenters. The molecule has 27 heavy (non-hydrogen) atoms. The number of carbonyl (C=O) groups excluding carboxylic acids is 1. The number of nitrogens with zero attached hydrogens (tertiary/aromatic N) is 4. The smallest absolute Gasteiger partial charge is 0.416 e. The van der Waals surface area contributed by atoms with Crippen LogP contribution in [0.1, 0.15) is 35.0 Å². The van der Waals surface area contributed by atoms with Crippen molar-refractivity contribution < 1.29 is 22.7 Å². The minimum absolute atomic E-state index is 0.0309. The highest BCUT2D eigenvalue weighted by Gasteiger charge is 2.46. The van der Waals surface area contributed by atoms with Gasteiger partial charge in [-0.15, -0.1) is 0 Å². The maximum absolute atomic E-state index is 13.6.